The molecule has 0 saturated carbocycles. The Morgan fingerprint density at radius 3 is 2.86 bits per heavy atom. The van der Waals surface area contributed by atoms with Crippen LogP contribution >= 0.6 is 0 Å². The molecule has 0 fully saturated rings. The summed E-state index contributed by atoms with van der Waals surface area (Å²) in [5.41, 5.74) is 0.807. The summed E-state index contributed by atoms with van der Waals surface area (Å²) in [6.45, 7) is 1.43. The number of hydrogen-bond donors (Lipinski definition) is 1. The zero-order valence-corrected chi connectivity index (χ0v) is 7.69. The summed E-state index contributed by atoms with van der Waals surface area (Å²) < 4.78 is 0. The van der Waals surface area contributed by atoms with Gasteiger partial charge < -0.3 is 4.98 Å². The molecule has 0 spiro atoms. The number of hydrogen-bond acceptors (Lipinski definition) is 3. The number of nitrogens with zero attached hydrogens (tertiary/aromatic N) is 2. The highest BCUT2D eigenvalue weighted by Crippen LogP contribution is 2.00. The van der Waals surface area contributed by atoms with Crippen molar-refractivity contribution in [2.45, 2.75) is 6.92 Å². The van der Waals surface area contributed by atoms with Gasteiger partial charge in [0.2, 0.25) is 0 Å². The fourth-order valence-electron chi connectivity index (χ4n) is 1.02. The third-order valence-electron chi connectivity index (χ3n) is 1.56. The van der Waals surface area contributed by atoms with Crippen LogP contribution in [0.2, 0.25) is 0 Å². The average molecular weight is 187 g/mol. The molecule has 2 rings (SSSR count). The van der Waals surface area contributed by atoms with Gasteiger partial charge in [0, 0.05) is 30.8 Å². The van der Waals surface area contributed by atoms with E-state index < -0.39 is 0 Å². The molecule has 0 aliphatic heterocycles. The van der Waals surface area contributed by atoms with E-state index in [4.69, 9.17) is 5.26 Å². The summed E-state index contributed by atoms with van der Waals surface area (Å²) in [6.07, 6.45) is 4.86. The zero-order valence-electron chi connectivity index (χ0n) is 7.69. The second-order valence-corrected chi connectivity index (χ2v) is 2.49. The van der Waals surface area contributed by atoms with Gasteiger partial charge in [-0.1, -0.05) is 0 Å². The predicted molar refractivity (Wildman–Crippen MR) is 53.7 cm³/mol. The Balaban J connectivity index is 0.000000293. The molecule has 0 aromatic carbocycles. The fraction of sp³-hybridized carbons (Fsp3) is 0.100. The topological polar surface area (TPSA) is 69.5 Å². The molecule has 0 atom stereocenters. The normalized spacial score (nSPS) is 8.57. The molecule has 70 valence electrons. The summed E-state index contributed by atoms with van der Waals surface area (Å²) in [7, 11) is 0. The minimum absolute atomic E-state index is 0.0288. The molecule has 2 aromatic heterocycles. The molecule has 2 heterocycles. The largest absolute Gasteiger partial charge is 0.360 e. The molecule has 0 amide bonds. The van der Waals surface area contributed by atoms with Crippen LogP contribution in [0.4, 0.5) is 0 Å². The monoisotopic (exact) mass is 187 g/mol. The maximum absolute atomic E-state index is 11.1. The predicted octanol–water partition coefficient (Wildman–Crippen LogP) is 1.45. The van der Waals surface area contributed by atoms with E-state index >= 15 is 0 Å². The smallest absolute Gasteiger partial charge is 0.189 e. The van der Waals surface area contributed by atoms with Gasteiger partial charge in [-0.25, -0.2) is 0 Å². The number of aromatic nitrogens is 2. The summed E-state index contributed by atoms with van der Waals surface area (Å²) >= 11 is 0. The number of rotatable bonds is 0. The average Bonchev–Trinajstić information content (AvgIpc) is 2.20. The number of nitrogens with one attached hydrogen (secondary N) is 1. The van der Waals surface area contributed by atoms with Crippen molar-refractivity contribution in [2.24, 2.45) is 0 Å². The second-order valence-electron chi connectivity index (χ2n) is 2.49. The maximum atomic E-state index is 11.1. The highest BCUT2D eigenvalue weighted by molar-refractivity contribution is 5.76. The molecule has 4 nitrogen and oxygen atoms in total. The molecule has 4 heteroatoms. The first kappa shape index (κ1) is 9.93. The Labute approximate surface area is 80.8 Å². The minimum Gasteiger partial charge on any atom is -0.360 e. The first-order valence-electron chi connectivity index (χ1n) is 4.02. The Kier molecular flexibility index (Phi) is 3.39. The molecule has 0 aliphatic rings. The maximum Gasteiger partial charge on any atom is 0.189 e. The van der Waals surface area contributed by atoms with Gasteiger partial charge in [0.05, 0.1) is 17.8 Å². The third kappa shape index (κ3) is 2.17. The lowest BCUT2D eigenvalue weighted by Gasteiger charge is -1.92. The number of H-pyrrole nitrogens is 1. The van der Waals surface area contributed by atoms with E-state index in [1.54, 1.807) is 30.7 Å². The van der Waals surface area contributed by atoms with E-state index in [9.17, 15) is 4.79 Å². The van der Waals surface area contributed by atoms with Crippen molar-refractivity contribution in [1.29, 1.82) is 5.26 Å². The van der Waals surface area contributed by atoms with Crippen LogP contribution in [0, 0.1) is 11.3 Å². The van der Waals surface area contributed by atoms with Crippen LogP contribution in [0.1, 0.15) is 6.92 Å². The Hall–Kier alpha value is -2.15. The molecular weight excluding hydrogens is 178 g/mol. The molecule has 0 aliphatic carbocycles. The molecule has 2 aromatic rings. The second kappa shape index (κ2) is 4.77. The van der Waals surface area contributed by atoms with E-state index in [1.165, 1.54) is 13.0 Å². The van der Waals surface area contributed by atoms with Crippen LogP contribution in [0.3, 0.4) is 0 Å². The van der Waals surface area contributed by atoms with Crippen molar-refractivity contribution < 1.29 is 0 Å². The van der Waals surface area contributed by atoms with Crippen LogP contribution in [0.5, 0.6) is 0 Å². The van der Waals surface area contributed by atoms with Crippen LogP contribution in [-0.4, -0.2) is 9.97 Å². The van der Waals surface area contributed by atoms with Crippen molar-refractivity contribution in [1.82, 2.24) is 9.97 Å². The quantitative estimate of drug-likeness (QED) is 0.678. The van der Waals surface area contributed by atoms with Crippen molar-refractivity contribution in [3.05, 3.63) is 40.9 Å². The van der Waals surface area contributed by atoms with Crippen molar-refractivity contribution in [3.63, 3.8) is 0 Å². The molecular formula is C10H9N3O. The van der Waals surface area contributed by atoms with Gasteiger partial charge in [-0.15, -0.1) is 0 Å². The summed E-state index contributed by atoms with van der Waals surface area (Å²) in [5.74, 6) is 0. The minimum atomic E-state index is 0.0288. The lowest BCUT2D eigenvalue weighted by Crippen LogP contribution is -1.99. The molecule has 0 saturated heterocycles. The SMILES string of the molecule is CC#N.O=c1cc[nH]c2cnccc12. The fourth-order valence-corrected chi connectivity index (χ4v) is 1.02. The number of fused-ring (bicyclic) bond motifs is 1. The summed E-state index contributed by atoms with van der Waals surface area (Å²) in [6, 6.07) is 4.95. The molecule has 0 radical (unpaired) electrons. The molecule has 1 N–H and O–H groups in total. The van der Waals surface area contributed by atoms with Crippen LogP contribution in [0.25, 0.3) is 10.9 Å². The van der Waals surface area contributed by atoms with E-state index in [0.29, 0.717) is 5.39 Å². The van der Waals surface area contributed by atoms with Gasteiger partial charge in [-0.2, -0.15) is 5.26 Å². The highest BCUT2D eigenvalue weighted by atomic mass is 16.1. The highest BCUT2D eigenvalue weighted by Gasteiger charge is 1.93. The van der Waals surface area contributed by atoms with Gasteiger partial charge in [0.25, 0.3) is 0 Å². The molecule has 14 heavy (non-hydrogen) atoms. The Bertz CT molecular complexity index is 505. The lowest BCUT2D eigenvalue weighted by molar-refractivity contribution is 1.30. The summed E-state index contributed by atoms with van der Waals surface area (Å²) in [5, 5.41) is 8.00. The number of nitriles is 1. The molecule has 0 bridgehead atoms. The van der Waals surface area contributed by atoms with E-state index in [1.807, 2.05) is 0 Å². The van der Waals surface area contributed by atoms with Crippen LogP contribution in [0.15, 0.2) is 35.5 Å². The van der Waals surface area contributed by atoms with Gasteiger partial charge >= 0.3 is 0 Å². The van der Waals surface area contributed by atoms with Gasteiger partial charge in [0.15, 0.2) is 5.43 Å². The first-order valence-corrected chi connectivity index (χ1v) is 4.02. The van der Waals surface area contributed by atoms with Gasteiger partial charge in [-0.3, -0.25) is 9.78 Å². The standard InChI is InChI=1S/C8H6N2O.C2H3N/c11-8-2-4-10-7-5-9-3-1-6(7)8;1-2-3/h1-5H,(H,10,11);1H3. The van der Waals surface area contributed by atoms with Crippen LogP contribution < -0.4 is 5.43 Å². The van der Waals surface area contributed by atoms with E-state index in [0.717, 1.165) is 5.52 Å². The first-order chi connectivity index (χ1) is 6.79. The van der Waals surface area contributed by atoms with Crippen LogP contribution in [-0.2, 0) is 0 Å². The van der Waals surface area contributed by atoms with E-state index in [2.05, 4.69) is 9.97 Å². The van der Waals surface area contributed by atoms with Gasteiger partial charge in [-0.05, 0) is 6.07 Å². The summed E-state index contributed by atoms with van der Waals surface area (Å²) in [4.78, 5) is 17.9. The Morgan fingerprint density at radius 1 is 1.50 bits per heavy atom. The number of aromatic amines is 1. The van der Waals surface area contributed by atoms with Crippen molar-refractivity contribution in [3.8, 4) is 6.07 Å². The van der Waals surface area contributed by atoms with Gasteiger partial charge in [0.1, 0.15) is 0 Å². The van der Waals surface area contributed by atoms with Crippen molar-refractivity contribution in [2.75, 3.05) is 0 Å². The van der Waals surface area contributed by atoms with Crippen molar-refractivity contribution >= 4 is 10.9 Å². The Morgan fingerprint density at radius 2 is 2.21 bits per heavy atom. The third-order valence-corrected chi connectivity index (χ3v) is 1.56. The van der Waals surface area contributed by atoms with E-state index in [-0.39, 0.29) is 5.43 Å². The lowest BCUT2D eigenvalue weighted by atomic mass is 10.3. The molecule has 0 unspecified atom stereocenters. The zero-order chi connectivity index (χ0) is 10.4. The number of pyridine rings is 2.